The summed E-state index contributed by atoms with van der Waals surface area (Å²) in [5.41, 5.74) is 0. The minimum absolute atomic E-state index is 0.0977. The zero-order chi connectivity index (χ0) is 12.7. The second-order valence-electron chi connectivity index (χ2n) is 3.42. The molecule has 4 nitrogen and oxygen atoms in total. The topological polar surface area (TPSA) is 47.0 Å². The maximum Gasteiger partial charge on any atom is 0.389 e. The summed E-state index contributed by atoms with van der Waals surface area (Å²) in [6.07, 6.45) is -2.80. The van der Waals surface area contributed by atoms with Gasteiger partial charge in [0, 0.05) is 25.2 Å². The Bertz CT molecular complexity index is 344. The van der Waals surface area contributed by atoms with Gasteiger partial charge in [-0.05, 0) is 12.8 Å². The molecule has 1 rings (SSSR count). The van der Waals surface area contributed by atoms with Gasteiger partial charge >= 0.3 is 6.18 Å². The number of anilines is 1. The van der Waals surface area contributed by atoms with Gasteiger partial charge in [0.25, 0.3) is 0 Å². The van der Waals surface area contributed by atoms with Crippen LogP contribution in [0.2, 0.25) is 0 Å². The van der Waals surface area contributed by atoms with Crippen molar-refractivity contribution in [2.45, 2.75) is 25.4 Å². The zero-order valence-electron chi connectivity index (χ0n) is 9.42. The van der Waals surface area contributed by atoms with E-state index in [0.717, 1.165) is 0 Å². The third kappa shape index (κ3) is 5.94. The molecular weight excluding hydrogens is 235 g/mol. The summed E-state index contributed by atoms with van der Waals surface area (Å²) in [5, 5.41) is 2.84. The van der Waals surface area contributed by atoms with Gasteiger partial charge < -0.3 is 10.1 Å². The first-order valence-electron chi connectivity index (χ1n) is 5.19. The molecule has 0 radical (unpaired) electrons. The van der Waals surface area contributed by atoms with E-state index in [2.05, 4.69) is 15.3 Å². The highest BCUT2D eigenvalue weighted by molar-refractivity contribution is 5.26. The van der Waals surface area contributed by atoms with Crippen LogP contribution in [-0.4, -0.2) is 29.8 Å². The van der Waals surface area contributed by atoms with E-state index in [1.807, 2.05) is 0 Å². The quantitative estimate of drug-likeness (QED) is 0.787. The molecule has 0 aromatic carbocycles. The molecule has 7 heteroatoms. The molecule has 1 aromatic rings. The first kappa shape index (κ1) is 13.5. The van der Waals surface area contributed by atoms with E-state index in [1.165, 1.54) is 13.3 Å². The number of alkyl halides is 3. The largest absolute Gasteiger partial charge is 0.481 e. The number of halogens is 3. The number of methoxy groups -OCH3 is 1. The number of unbranched alkanes of at least 4 members (excludes halogenated alkanes) is 1. The Morgan fingerprint density at radius 2 is 2.12 bits per heavy atom. The van der Waals surface area contributed by atoms with Crippen LogP contribution in [0.1, 0.15) is 19.3 Å². The Morgan fingerprint density at radius 1 is 1.35 bits per heavy atom. The van der Waals surface area contributed by atoms with Gasteiger partial charge in [-0.25, -0.2) is 4.98 Å². The standard InChI is InChI=1S/C10H14F3N3O/c1-17-8-4-7-15-9(16-8)14-6-3-2-5-10(11,12)13/h4,7H,2-3,5-6H2,1H3,(H,14,15,16). The summed E-state index contributed by atoms with van der Waals surface area (Å²) < 4.78 is 40.4. The van der Waals surface area contributed by atoms with Crippen LogP contribution >= 0.6 is 0 Å². The summed E-state index contributed by atoms with van der Waals surface area (Å²) >= 11 is 0. The van der Waals surface area contributed by atoms with Crippen molar-refractivity contribution < 1.29 is 17.9 Å². The molecule has 1 N–H and O–H groups in total. The van der Waals surface area contributed by atoms with Crippen LogP contribution in [0.3, 0.4) is 0 Å². The van der Waals surface area contributed by atoms with Gasteiger partial charge in [0.05, 0.1) is 7.11 Å². The van der Waals surface area contributed by atoms with Crippen LogP contribution in [0, 0.1) is 0 Å². The highest BCUT2D eigenvalue weighted by Gasteiger charge is 2.25. The van der Waals surface area contributed by atoms with Gasteiger partial charge in [0.1, 0.15) is 0 Å². The molecule has 0 aliphatic rings. The number of hydrogen-bond acceptors (Lipinski definition) is 4. The molecule has 96 valence electrons. The first-order chi connectivity index (χ1) is 8.01. The second kappa shape index (κ2) is 6.27. The number of rotatable bonds is 6. The molecule has 0 spiro atoms. The van der Waals surface area contributed by atoms with E-state index in [1.54, 1.807) is 6.07 Å². The second-order valence-corrected chi connectivity index (χ2v) is 3.42. The van der Waals surface area contributed by atoms with Crippen molar-refractivity contribution in [2.75, 3.05) is 19.0 Å². The Hall–Kier alpha value is -1.53. The van der Waals surface area contributed by atoms with Crippen LogP contribution < -0.4 is 10.1 Å². The maximum atomic E-state index is 11.8. The van der Waals surface area contributed by atoms with Gasteiger partial charge in [-0.2, -0.15) is 18.2 Å². The SMILES string of the molecule is COc1ccnc(NCCCCC(F)(F)F)n1. The number of nitrogens with one attached hydrogen (secondary N) is 1. The fourth-order valence-corrected chi connectivity index (χ4v) is 1.19. The zero-order valence-corrected chi connectivity index (χ0v) is 9.42. The van der Waals surface area contributed by atoms with Crippen LogP contribution in [0.25, 0.3) is 0 Å². The van der Waals surface area contributed by atoms with Crippen molar-refractivity contribution >= 4 is 5.95 Å². The minimum Gasteiger partial charge on any atom is -0.481 e. The molecule has 0 amide bonds. The van der Waals surface area contributed by atoms with E-state index in [4.69, 9.17) is 4.74 Å². The number of ether oxygens (including phenoxy) is 1. The molecule has 0 atom stereocenters. The van der Waals surface area contributed by atoms with E-state index < -0.39 is 12.6 Å². The summed E-state index contributed by atoms with van der Waals surface area (Å²) in [5.74, 6) is 0.772. The van der Waals surface area contributed by atoms with Crippen molar-refractivity contribution in [1.29, 1.82) is 0 Å². The highest BCUT2D eigenvalue weighted by Crippen LogP contribution is 2.22. The van der Waals surface area contributed by atoms with Crippen molar-refractivity contribution in [3.05, 3.63) is 12.3 Å². The van der Waals surface area contributed by atoms with Crippen LogP contribution in [0.4, 0.5) is 19.1 Å². The minimum atomic E-state index is -4.08. The lowest BCUT2D eigenvalue weighted by Gasteiger charge is -2.07. The Morgan fingerprint density at radius 3 is 2.76 bits per heavy atom. The molecule has 0 saturated heterocycles. The normalized spacial score (nSPS) is 11.3. The summed E-state index contributed by atoms with van der Waals surface area (Å²) in [4.78, 5) is 7.88. The molecule has 17 heavy (non-hydrogen) atoms. The van der Waals surface area contributed by atoms with E-state index in [9.17, 15) is 13.2 Å². The van der Waals surface area contributed by atoms with E-state index in [0.29, 0.717) is 24.8 Å². The van der Waals surface area contributed by atoms with Crippen molar-refractivity contribution in [3.63, 3.8) is 0 Å². The number of nitrogens with zero attached hydrogens (tertiary/aromatic N) is 2. The van der Waals surface area contributed by atoms with Crippen molar-refractivity contribution in [3.8, 4) is 5.88 Å². The van der Waals surface area contributed by atoms with Crippen molar-refractivity contribution in [2.24, 2.45) is 0 Å². The molecule has 1 aromatic heterocycles. The van der Waals surface area contributed by atoms with Gasteiger partial charge in [-0.1, -0.05) is 0 Å². The van der Waals surface area contributed by atoms with Crippen LogP contribution in [-0.2, 0) is 0 Å². The third-order valence-corrected chi connectivity index (χ3v) is 2.01. The number of hydrogen-bond donors (Lipinski definition) is 1. The molecular formula is C10H14F3N3O. The first-order valence-corrected chi connectivity index (χ1v) is 5.19. The average molecular weight is 249 g/mol. The average Bonchev–Trinajstić information content (AvgIpc) is 2.27. The van der Waals surface area contributed by atoms with Crippen molar-refractivity contribution in [1.82, 2.24) is 9.97 Å². The van der Waals surface area contributed by atoms with Gasteiger partial charge in [0.2, 0.25) is 11.8 Å². The highest BCUT2D eigenvalue weighted by atomic mass is 19.4. The molecule has 0 aliphatic heterocycles. The lowest BCUT2D eigenvalue weighted by Crippen LogP contribution is -2.09. The van der Waals surface area contributed by atoms with Gasteiger partial charge in [-0.15, -0.1) is 0 Å². The van der Waals surface area contributed by atoms with Crippen LogP contribution in [0.15, 0.2) is 12.3 Å². The van der Waals surface area contributed by atoms with E-state index >= 15 is 0 Å². The lowest BCUT2D eigenvalue weighted by molar-refractivity contribution is -0.135. The molecule has 0 saturated carbocycles. The molecule has 0 unspecified atom stereocenters. The van der Waals surface area contributed by atoms with Crippen LogP contribution in [0.5, 0.6) is 5.88 Å². The fourth-order valence-electron chi connectivity index (χ4n) is 1.19. The Kier molecular flexibility index (Phi) is 4.99. The smallest absolute Gasteiger partial charge is 0.389 e. The lowest BCUT2D eigenvalue weighted by atomic mass is 10.2. The summed E-state index contributed by atoms with van der Waals surface area (Å²) in [6.45, 7) is 0.406. The third-order valence-electron chi connectivity index (χ3n) is 2.01. The van der Waals surface area contributed by atoms with Gasteiger partial charge in [-0.3, -0.25) is 0 Å². The van der Waals surface area contributed by atoms with Gasteiger partial charge in [0.15, 0.2) is 0 Å². The monoisotopic (exact) mass is 249 g/mol. The predicted octanol–water partition coefficient (Wildman–Crippen LogP) is 2.63. The summed E-state index contributed by atoms with van der Waals surface area (Å²) in [6, 6.07) is 1.59. The fraction of sp³-hybridized carbons (Fsp3) is 0.600. The maximum absolute atomic E-state index is 11.8. The molecule has 0 bridgehead atoms. The Balaban J connectivity index is 2.22. The molecule has 0 aliphatic carbocycles. The summed E-state index contributed by atoms with van der Waals surface area (Å²) in [7, 11) is 1.48. The Labute approximate surface area is 97.2 Å². The predicted molar refractivity (Wildman–Crippen MR) is 57.0 cm³/mol. The number of aromatic nitrogens is 2. The molecule has 1 heterocycles. The van der Waals surface area contributed by atoms with E-state index in [-0.39, 0.29) is 6.42 Å². The molecule has 0 fully saturated rings.